The van der Waals surface area contributed by atoms with Crippen LogP contribution in [0.25, 0.3) is 21.5 Å². The second-order valence-electron chi connectivity index (χ2n) is 7.31. The zero-order valence-electron chi connectivity index (χ0n) is 17.5. The van der Waals surface area contributed by atoms with E-state index >= 15 is 0 Å². The highest BCUT2D eigenvalue weighted by atomic mass is 32.2. The van der Waals surface area contributed by atoms with Gasteiger partial charge in [-0.1, -0.05) is 36.4 Å². The van der Waals surface area contributed by atoms with Crippen molar-refractivity contribution in [1.82, 2.24) is 0 Å². The van der Waals surface area contributed by atoms with Crippen molar-refractivity contribution < 1.29 is 9.47 Å². The first-order valence-electron chi connectivity index (χ1n) is 10.2. The van der Waals surface area contributed by atoms with E-state index in [2.05, 4.69) is 78.9 Å². The minimum Gasteiger partial charge on any atom is -0.497 e. The van der Waals surface area contributed by atoms with Crippen molar-refractivity contribution in [3.63, 3.8) is 0 Å². The summed E-state index contributed by atoms with van der Waals surface area (Å²) in [6.45, 7) is 0. The van der Waals surface area contributed by atoms with Crippen LogP contribution in [0.3, 0.4) is 0 Å². The van der Waals surface area contributed by atoms with Crippen LogP contribution in [0, 0.1) is 0 Å². The molecule has 0 aromatic heterocycles. The molecule has 0 aliphatic carbocycles. The minimum atomic E-state index is -0.295. The lowest BCUT2D eigenvalue weighted by Crippen LogP contribution is -2.07. The van der Waals surface area contributed by atoms with Crippen LogP contribution in [0.15, 0.2) is 118 Å². The molecule has 0 bridgehead atoms. The average Bonchev–Trinajstić information content (AvgIpc) is 2.84. The first kappa shape index (κ1) is 19.5. The molecule has 0 fully saturated rings. The Kier molecular flexibility index (Phi) is 5.27. The van der Waals surface area contributed by atoms with Gasteiger partial charge in [-0.3, -0.25) is 0 Å². The molecule has 0 amide bonds. The second-order valence-corrected chi connectivity index (χ2v) is 9.27. The number of fused-ring (bicyclic) bond motifs is 2. The lowest BCUT2D eigenvalue weighted by Gasteiger charge is -2.14. The fourth-order valence-electron chi connectivity index (χ4n) is 3.99. The Hall–Kier alpha value is -3.43. The Morgan fingerprint density at radius 1 is 0.516 bits per heavy atom. The zero-order chi connectivity index (χ0) is 21.2. The highest BCUT2D eigenvalue weighted by Gasteiger charge is 2.33. The van der Waals surface area contributed by atoms with Crippen LogP contribution in [0.1, 0.15) is 0 Å². The maximum absolute atomic E-state index is 5.42. The summed E-state index contributed by atoms with van der Waals surface area (Å²) in [5.41, 5.74) is 0. The van der Waals surface area contributed by atoms with Gasteiger partial charge in [0.2, 0.25) is 0 Å². The van der Waals surface area contributed by atoms with Gasteiger partial charge in [-0.2, -0.15) is 0 Å². The van der Waals surface area contributed by atoms with Gasteiger partial charge in [-0.05, 0) is 77.5 Å². The molecule has 152 valence electrons. The van der Waals surface area contributed by atoms with Gasteiger partial charge in [0.1, 0.15) is 22.4 Å². The minimum absolute atomic E-state index is 0.295. The molecule has 0 unspecified atom stereocenters. The molecular formula is C28H23O2S+. The Bertz CT molecular complexity index is 1240. The van der Waals surface area contributed by atoms with Crippen molar-refractivity contribution in [2.75, 3.05) is 14.2 Å². The van der Waals surface area contributed by atoms with E-state index < -0.39 is 0 Å². The average molecular weight is 424 g/mol. The number of benzene rings is 5. The molecule has 0 saturated carbocycles. The third kappa shape index (κ3) is 3.62. The topological polar surface area (TPSA) is 18.5 Å². The highest BCUT2D eigenvalue weighted by Crippen LogP contribution is 2.41. The molecule has 0 saturated heterocycles. The molecule has 31 heavy (non-hydrogen) atoms. The maximum Gasteiger partial charge on any atom is 0.182 e. The van der Waals surface area contributed by atoms with Crippen molar-refractivity contribution >= 4 is 32.4 Å². The Morgan fingerprint density at radius 2 is 0.935 bits per heavy atom. The van der Waals surface area contributed by atoms with E-state index in [-0.39, 0.29) is 10.9 Å². The second kappa shape index (κ2) is 8.37. The summed E-state index contributed by atoms with van der Waals surface area (Å²) in [7, 11) is 3.11. The van der Waals surface area contributed by atoms with E-state index in [1.807, 2.05) is 24.3 Å². The number of hydrogen-bond acceptors (Lipinski definition) is 2. The highest BCUT2D eigenvalue weighted by molar-refractivity contribution is 7.97. The maximum atomic E-state index is 5.42. The quantitative estimate of drug-likeness (QED) is 0.222. The Labute approximate surface area is 185 Å². The molecular weight excluding hydrogens is 400 g/mol. The van der Waals surface area contributed by atoms with Crippen LogP contribution in [0.2, 0.25) is 0 Å². The summed E-state index contributed by atoms with van der Waals surface area (Å²) in [5, 5.41) is 5.10. The summed E-state index contributed by atoms with van der Waals surface area (Å²) in [5.74, 6) is 1.73. The number of rotatable bonds is 5. The summed E-state index contributed by atoms with van der Waals surface area (Å²) >= 11 is 0. The van der Waals surface area contributed by atoms with E-state index in [0.29, 0.717) is 0 Å². The van der Waals surface area contributed by atoms with Crippen molar-refractivity contribution in [1.29, 1.82) is 0 Å². The van der Waals surface area contributed by atoms with Gasteiger partial charge in [0, 0.05) is 10.8 Å². The molecule has 0 atom stereocenters. The largest absolute Gasteiger partial charge is 0.497 e. The van der Waals surface area contributed by atoms with Crippen molar-refractivity contribution in [3.8, 4) is 11.5 Å². The zero-order valence-corrected chi connectivity index (χ0v) is 18.4. The van der Waals surface area contributed by atoms with Gasteiger partial charge in [0.25, 0.3) is 0 Å². The monoisotopic (exact) mass is 423 g/mol. The number of hydrogen-bond donors (Lipinski definition) is 0. The SMILES string of the molecule is COc1ccc([S+](c2ccc(OC)cc2)c2c3ccccc3cc3ccccc23)cc1. The lowest BCUT2D eigenvalue weighted by molar-refractivity contribution is 0.414. The van der Waals surface area contributed by atoms with Gasteiger partial charge in [0.15, 0.2) is 14.7 Å². The van der Waals surface area contributed by atoms with Crippen molar-refractivity contribution in [2.45, 2.75) is 14.7 Å². The third-order valence-corrected chi connectivity index (χ3v) is 7.85. The molecule has 3 heteroatoms. The van der Waals surface area contributed by atoms with E-state index in [1.54, 1.807) is 14.2 Å². The van der Waals surface area contributed by atoms with E-state index in [4.69, 9.17) is 9.47 Å². The fourth-order valence-corrected chi connectivity index (χ4v) is 6.36. The molecule has 5 aromatic carbocycles. The predicted molar refractivity (Wildman–Crippen MR) is 130 cm³/mol. The van der Waals surface area contributed by atoms with Gasteiger partial charge in [-0.15, -0.1) is 0 Å². The molecule has 2 nitrogen and oxygen atoms in total. The van der Waals surface area contributed by atoms with Crippen molar-refractivity contribution in [3.05, 3.63) is 103 Å². The number of ether oxygens (including phenoxy) is 2. The first-order valence-corrected chi connectivity index (χ1v) is 11.4. The van der Waals surface area contributed by atoms with E-state index in [1.165, 1.54) is 36.2 Å². The number of methoxy groups -OCH3 is 2. The van der Waals surface area contributed by atoms with Gasteiger partial charge >= 0.3 is 0 Å². The summed E-state index contributed by atoms with van der Waals surface area (Å²) in [6.07, 6.45) is 0. The van der Waals surface area contributed by atoms with Crippen LogP contribution in [0.5, 0.6) is 11.5 Å². The van der Waals surface area contributed by atoms with Crippen molar-refractivity contribution in [2.24, 2.45) is 0 Å². The molecule has 0 spiro atoms. The van der Waals surface area contributed by atoms with Crippen LogP contribution in [-0.4, -0.2) is 14.2 Å². The molecule has 0 heterocycles. The molecule has 0 aliphatic rings. The molecule has 0 aliphatic heterocycles. The molecule has 0 N–H and O–H groups in total. The molecule has 5 aromatic rings. The summed E-state index contributed by atoms with van der Waals surface area (Å²) in [4.78, 5) is 3.86. The first-order chi connectivity index (χ1) is 15.3. The fraction of sp³-hybridized carbons (Fsp3) is 0.0714. The van der Waals surface area contributed by atoms with E-state index in [0.717, 1.165) is 11.5 Å². The van der Waals surface area contributed by atoms with E-state index in [9.17, 15) is 0 Å². The van der Waals surface area contributed by atoms with Crippen LogP contribution >= 0.6 is 0 Å². The normalized spacial score (nSPS) is 11.2. The third-order valence-electron chi connectivity index (χ3n) is 5.52. The molecule has 0 radical (unpaired) electrons. The van der Waals surface area contributed by atoms with Gasteiger partial charge in [0.05, 0.1) is 14.2 Å². The Morgan fingerprint density at radius 3 is 1.35 bits per heavy atom. The summed E-state index contributed by atoms with van der Waals surface area (Å²) < 4.78 is 10.8. The predicted octanol–water partition coefficient (Wildman–Crippen LogP) is 7.11. The van der Waals surface area contributed by atoms with Crippen LogP contribution < -0.4 is 9.47 Å². The molecule has 5 rings (SSSR count). The van der Waals surface area contributed by atoms with Gasteiger partial charge in [-0.25, -0.2) is 0 Å². The lowest BCUT2D eigenvalue weighted by atomic mass is 10.0. The van der Waals surface area contributed by atoms with Gasteiger partial charge < -0.3 is 9.47 Å². The standard InChI is InChI=1S/C28H23O2S/c1-29-22-11-15-24(16-12-22)31(25-17-13-23(30-2)14-18-25)28-26-9-5-3-7-20(26)19-21-8-4-6-10-27(21)28/h3-19H,1-2H3/q+1. The smallest absolute Gasteiger partial charge is 0.182 e. The van der Waals surface area contributed by atoms with Crippen LogP contribution in [0.4, 0.5) is 0 Å². The van der Waals surface area contributed by atoms with Crippen LogP contribution in [-0.2, 0) is 10.9 Å². The summed E-state index contributed by atoms with van der Waals surface area (Å²) in [6, 6.07) is 36.6. The Balaban J connectivity index is 1.84.